The van der Waals surface area contributed by atoms with Gasteiger partial charge in [0.25, 0.3) is 5.91 Å². The van der Waals surface area contributed by atoms with Gasteiger partial charge < -0.3 is 18.8 Å². The molecule has 0 atom stereocenters. The molecular weight excluding hydrogens is 396 g/mol. The minimum Gasteiger partial charge on any atom is -0.495 e. The molecule has 0 saturated carbocycles. The van der Waals surface area contributed by atoms with Crippen molar-refractivity contribution in [2.75, 3.05) is 20.8 Å². The van der Waals surface area contributed by atoms with Crippen LogP contribution in [0.25, 0.3) is 10.2 Å². The van der Waals surface area contributed by atoms with E-state index >= 15 is 0 Å². The number of carbonyl (C=O) groups is 2. The highest BCUT2D eigenvalue weighted by Crippen LogP contribution is 2.35. The van der Waals surface area contributed by atoms with Gasteiger partial charge in [-0.3, -0.25) is 14.3 Å². The molecule has 2 aromatic heterocycles. The van der Waals surface area contributed by atoms with Crippen LogP contribution in [-0.4, -0.2) is 47.1 Å². The van der Waals surface area contributed by atoms with Gasteiger partial charge in [-0.25, -0.2) is 0 Å². The summed E-state index contributed by atoms with van der Waals surface area (Å²) in [7, 11) is 4.84. The molecule has 10 heteroatoms. The maximum absolute atomic E-state index is 12.7. The van der Waals surface area contributed by atoms with E-state index in [1.165, 1.54) is 18.4 Å². The predicted molar refractivity (Wildman–Crippen MR) is 107 cm³/mol. The number of nitrogens with zero attached hydrogens (tertiary/aromatic N) is 4. The van der Waals surface area contributed by atoms with E-state index in [1.54, 1.807) is 48.5 Å². The second kappa shape index (κ2) is 8.48. The fraction of sp³-hybridized carbons (Fsp3) is 0.368. The van der Waals surface area contributed by atoms with Crippen LogP contribution in [0.3, 0.4) is 0 Å². The highest BCUT2D eigenvalue weighted by molar-refractivity contribution is 7.16. The molecule has 0 spiro atoms. The molecule has 9 nitrogen and oxygen atoms in total. The number of carbonyl (C=O) groups excluding carboxylic acids is 2. The summed E-state index contributed by atoms with van der Waals surface area (Å²) in [4.78, 5) is 29.5. The maximum atomic E-state index is 12.7. The number of hydrogen-bond acceptors (Lipinski definition) is 7. The van der Waals surface area contributed by atoms with Gasteiger partial charge >= 0.3 is 5.97 Å². The molecule has 3 rings (SSSR count). The summed E-state index contributed by atoms with van der Waals surface area (Å²) in [5.74, 6) is 0.172. The Bertz CT molecular complexity index is 1120. The van der Waals surface area contributed by atoms with Crippen LogP contribution in [0.2, 0.25) is 0 Å². The minimum absolute atomic E-state index is 0.120. The molecule has 0 bridgehead atoms. The molecule has 0 saturated heterocycles. The van der Waals surface area contributed by atoms with Gasteiger partial charge in [-0.15, -0.1) is 0 Å². The van der Waals surface area contributed by atoms with Crippen LogP contribution in [0.15, 0.2) is 23.2 Å². The summed E-state index contributed by atoms with van der Waals surface area (Å²) in [5.41, 5.74) is 1.67. The Balaban J connectivity index is 2.23. The molecule has 0 fully saturated rings. The Morgan fingerprint density at radius 2 is 1.90 bits per heavy atom. The molecule has 0 aliphatic carbocycles. The quantitative estimate of drug-likeness (QED) is 0.569. The second-order valence-electron chi connectivity index (χ2n) is 6.14. The molecule has 29 heavy (non-hydrogen) atoms. The molecule has 1 aromatic carbocycles. The standard InChI is InChI=1S/C19H22N4O5S/c1-6-28-15(24)10-23-16-13(26-4)7-8-14(27-5)17(16)29-19(23)20-18(25)12-9-11(2)22(3)21-12/h7-9H,6,10H2,1-5H3. The summed E-state index contributed by atoms with van der Waals surface area (Å²) in [6, 6.07) is 5.17. The molecule has 0 aliphatic rings. The lowest BCUT2D eigenvalue weighted by Gasteiger charge is -2.09. The number of esters is 1. The van der Waals surface area contributed by atoms with E-state index in [1.807, 2.05) is 6.92 Å². The predicted octanol–water partition coefficient (Wildman–Crippen LogP) is 2.07. The summed E-state index contributed by atoms with van der Waals surface area (Å²) >= 11 is 1.23. The van der Waals surface area contributed by atoms with Gasteiger partial charge in [0, 0.05) is 12.7 Å². The third-order valence-corrected chi connectivity index (χ3v) is 5.41. The zero-order valence-electron chi connectivity index (χ0n) is 16.9. The molecule has 0 N–H and O–H groups in total. The van der Waals surface area contributed by atoms with Crippen LogP contribution >= 0.6 is 11.3 Å². The average molecular weight is 418 g/mol. The highest BCUT2D eigenvalue weighted by atomic mass is 32.1. The molecule has 1 amide bonds. The van der Waals surface area contributed by atoms with Crippen molar-refractivity contribution in [3.63, 3.8) is 0 Å². The van der Waals surface area contributed by atoms with Gasteiger partial charge in [-0.05, 0) is 32.0 Å². The Kier molecular flexibility index (Phi) is 6.02. The van der Waals surface area contributed by atoms with Crippen molar-refractivity contribution in [2.24, 2.45) is 12.0 Å². The summed E-state index contributed by atoms with van der Waals surface area (Å²) in [5, 5.41) is 4.18. The van der Waals surface area contributed by atoms with Gasteiger partial charge in [0.2, 0.25) is 0 Å². The second-order valence-corrected chi connectivity index (χ2v) is 7.11. The number of ether oxygens (including phenoxy) is 3. The Morgan fingerprint density at radius 1 is 1.21 bits per heavy atom. The van der Waals surface area contributed by atoms with Crippen molar-refractivity contribution in [2.45, 2.75) is 20.4 Å². The largest absolute Gasteiger partial charge is 0.495 e. The van der Waals surface area contributed by atoms with Gasteiger partial charge in [-0.1, -0.05) is 11.3 Å². The average Bonchev–Trinajstić information content (AvgIpc) is 3.21. The van der Waals surface area contributed by atoms with Crippen molar-refractivity contribution in [1.29, 1.82) is 0 Å². The van der Waals surface area contributed by atoms with Crippen molar-refractivity contribution in [1.82, 2.24) is 14.3 Å². The number of rotatable bonds is 6. The van der Waals surface area contributed by atoms with Crippen LogP contribution in [0.5, 0.6) is 11.5 Å². The zero-order chi connectivity index (χ0) is 21.1. The van der Waals surface area contributed by atoms with E-state index in [9.17, 15) is 9.59 Å². The fourth-order valence-electron chi connectivity index (χ4n) is 2.83. The van der Waals surface area contributed by atoms with Gasteiger partial charge in [0.1, 0.15) is 28.3 Å². The summed E-state index contributed by atoms with van der Waals surface area (Å²) in [6.07, 6.45) is 0. The molecule has 3 aromatic rings. The lowest BCUT2D eigenvalue weighted by atomic mass is 10.3. The van der Waals surface area contributed by atoms with E-state index in [-0.39, 0.29) is 18.8 Å². The van der Waals surface area contributed by atoms with Crippen molar-refractivity contribution < 1.29 is 23.8 Å². The summed E-state index contributed by atoms with van der Waals surface area (Å²) < 4.78 is 19.9. The van der Waals surface area contributed by atoms with E-state index in [4.69, 9.17) is 14.2 Å². The molecule has 154 valence electrons. The number of hydrogen-bond donors (Lipinski definition) is 0. The molecular formula is C19H22N4O5S. The first-order valence-electron chi connectivity index (χ1n) is 8.89. The van der Waals surface area contributed by atoms with Gasteiger partial charge in [0.05, 0.1) is 20.8 Å². The SMILES string of the molecule is CCOC(=O)Cn1c(=NC(=O)c2cc(C)n(C)n2)sc2c(OC)ccc(OC)c21. The zero-order valence-corrected chi connectivity index (χ0v) is 17.7. The minimum atomic E-state index is -0.504. The van der Waals surface area contributed by atoms with E-state index in [2.05, 4.69) is 10.1 Å². The first kappa shape index (κ1) is 20.6. The number of benzene rings is 1. The molecule has 0 radical (unpaired) electrons. The van der Waals surface area contributed by atoms with E-state index in [0.29, 0.717) is 26.5 Å². The Morgan fingerprint density at radius 3 is 2.48 bits per heavy atom. The number of fused-ring (bicyclic) bond motifs is 1. The number of aryl methyl sites for hydroxylation is 2. The van der Waals surface area contributed by atoms with Crippen molar-refractivity contribution in [3.8, 4) is 11.5 Å². The van der Waals surface area contributed by atoms with E-state index in [0.717, 1.165) is 5.69 Å². The van der Waals surface area contributed by atoms with Crippen LogP contribution < -0.4 is 14.3 Å². The third-order valence-electron chi connectivity index (χ3n) is 4.31. The highest BCUT2D eigenvalue weighted by Gasteiger charge is 2.19. The van der Waals surface area contributed by atoms with Crippen LogP contribution in [0.1, 0.15) is 23.1 Å². The third kappa shape index (κ3) is 4.02. The lowest BCUT2D eigenvalue weighted by Crippen LogP contribution is -2.23. The smallest absolute Gasteiger partial charge is 0.326 e. The van der Waals surface area contributed by atoms with E-state index < -0.39 is 11.9 Å². The van der Waals surface area contributed by atoms with Gasteiger partial charge in [0.15, 0.2) is 10.5 Å². The first-order valence-corrected chi connectivity index (χ1v) is 9.70. The molecule has 2 heterocycles. The number of aromatic nitrogens is 3. The number of methoxy groups -OCH3 is 2. The van der Waals surface area contributed by atoms with Crippen LogP contribution in [-0.2, 0) is 23.1 Å². The van der Waals surface area contributed by atoms with Crippen molar-refractivity contribution >= 4 is 33.4 Å². The van der Waals surface area contributed by atoms with Crippen LogP contribution in [0.4, 0.5) is 0 Å². The normalized spacial score (nSPS) is 11.7. The number of thiazole rings is 1. The fourth-order valence-corrected chi connectivity index (χ4v) is 3.97. The Hall–Kier alpha value is -3.14. The van der Waals surface area contributed by atoms with Gasteiger partial charge in [-0.2, -0.15) is 10.1 Å². The monoisotopic (exact) mass is 418 g/mol. The maximum Gasteiger partial charge on any atom is 0.326 e. The number of amides is 1. The molecule has 0 unspecified atom stereocenters. The van der Waals surface area contributed by atoms with Crippen LogP contribution in [0, 0.1) is 6.92 Å². The van der Waals surface area contributed by atoms with Crippen molar-refractivity contribution in [3.05, 3.63) is 34.4 Å². The topological polar surface area (TPSA) is 96.9 Å². The molecule has 0 aliphatic heterocycles. The Labute approximate surface area is 171 Å². The first-order chi connectivity index (χ1) is 13.9. The summed E-state index contributed by atoms with van der Waals surface area (Å²) in [6.45, 7) is 3.71. The lowest BCUT2D eigenvalue weighted by molar-refractivity contribution is -0.143.